The smallest absolute Gasteiger partial charge is 0.310 e. The maximum Gasteiger partial charge on any atom is 0.310 e. The quantitative estimate of drug-likeness (QED) is 0.559. The molecule has 3 atom stereocenters. The van der Waals surface area contributed by atoms with Gasteiger partial charge in [0.15, 0.2) is 5.78 Å². The zero-order valence-corrected chi connectivity index (χ0v) is 12.2. The minimum absolute atomic E-state index is 0.0375. The van der Waals surface area contributed by atoms with Gasteiger partial charge in [-0.15, -0.1) is 0 Å². The van der Waals surface area contributed by atoms with Gasteiger partial charge in [-0.1, -0.05) is 0 Å². The number of ether oxygens (including phenoxy) is 2. The molecule has 6 nitrogen and oxygen atoms in total. The van der Waals surface area contributed by atoms with E-state index in [0.717, 1.165) is 12.5 Å². The number of hydrogen-bond acceptors (Lipinski definition) is 6. The highest BCUT2D eigenvalue weighted by molar-refractivity contribution is 6.05. The molecule has 3 rings (SSSR count). The van der Waals surface area contributed by atoms with Crippen molar-refractivity contribution in [1.29, 1.82) is 0 Å². The fraction of sp³-hybridized carbons (Fsp3) is 0.500. The van der Waals surface area contributed by atoms with Gasteiger partial charge >= 0.3 is 5.97 Å². The second-order valence-electron chi connectivity index (χ2n) is 5.87. The molecule has 0 spiro atoms. The predicted octanol–water partition coefficient (Wildman–Crippen LogP) is 1.71. The van der Waals surface area contributed by atoms with E-state index in [1.807, 2.05) is 6.92 Å². The van der Waals surface area contributed by atoms with Crippen molar-refractivity contribution < 1.29 is 29.3 Å². The summed E-state index contributed by atoms with van der Waals surface area (Å²) in [6, 6.07) is 2.40. The molecule has 1 aromatic rings. The molecule has 0 unspecified atom stereocenters. The fourth-order valence-electron chi connectivity index (χ4n) is 2.92. The highest BCUT2D eigenvalue weighted by Gasteiger charge is 2.46. The Morgan fingerprint density at radius 3 is 2.73 bits per heavy atom. The van der Waals surface area contributed by atoms with E-state index in [4.69, 9.17) is 9.47 Å². The van der Waals surface area contributed by atoms with Crippen LogP contribution in [0.15, 0.2) is 12.1 Å². The Labute approximate surface area is 127 Å². The zero-order chi connectivity index (χ0) is 15.9. The summed E-state index contributed by atoms with van der Waals surface area (Å²) in [5.74, 6) is -1.38. The number of benzene rings is 1. The van der Waals surface area contributed by atoms with Gasteiger partial charge in [0.25, 0.3) is 0 Å². The first-order chi connectivity index (χ1) is 10.5. The molecule has 2 aliphatic rings. The maximum atomic E-state index is 12.5. The second-order valence-corrected chi connectivity index (χ2v) is 5.87. The van der Waals surface area contributed by atoms with Crippen molar-refractivity contribution in [2.24, 2.45) is 0 Å². The Balaban J connectivity index is 1.98. The van der Waals surface area contributed by atoms with Crippen molar-refractivity contribution in [2.45, 2.75) is 50.9 Å². The molecule has 6 heteroatoms. The Hall–Kier alpha value is -2.08. The van der Waals surface area contributed by atoms with Crippen molar-refractivity contribution in [3.05, 3.63) is 23.3 Å². The van der Waals surface area contributed by atoms with Crippen LogP contribution in [0, 0.1) is 0 Å². The number of aromatic hydroxyl groups is 2. The van der Waals surface area contributed by atoms with Crippen LogP contribution < -0.4 is 0 Å². The molecule has 2 heterocycles. The van der Waals surface area contributed by atoms with Gasteiger partial charge in [-0.25, -0.2) is 0 Å². The molecule has 0 aromatic heterocycles. The van der Waals surface area contributed by atoms with Crippen molar-refractivity contribution in [3.63, 3.8) is 0 Å². The summed E-state index contributed by atoms with van der Waals surface area (Å²) in [5.41, 5.74) is 0.296. The Kier molecular flexibility index (Phi) is 3.78. The number of phenolic OH excluding ortho intramolecular Hbond substituents is 2. The number of phenols is 2. The lowest BCUT2D eigenvalue weighted by atomic mass is 9.95. The molecule has 2 aliphatic heterocycles. The summed E-state index contributed by atoms with van der Waals surface area (Å²) in [6.07, 6.45) is 1.13. The summed E-state index contributed by atoms with van der Waals surface area (Å²) < 4.78 is 10.7. The minimum Gasteiger partial charge on any atom is -0.508 e. The Morgan fingerprint density at radius 2 is 1.95 bits per heavy atom. The lowest BCUT2D eigenvalue weighted by Gasteiger charge is -2.15. The zero-order valence-electron chi connectivity index (χ0n) is 12.2. The molecule has 0 radical (unpaired) electrons. The molecular formula is C16H18O6. The third kappa shape index (κ3) is 2.92. The number of esters is 1. The molecule has 22 heavy (non-hydrogen) atoms. The van der Waals surface area contributed by atoms with Crippen molar-refractivity contribution in [1.82, 2.24) is 0 Å². The summed E-state index contributed by atoms with van der Waals surface area (Å²) >= 11 is 0. The highest BCUT2D eigenvalue weighted by Crippen LogP contribution is 2.36. The second kappa shape index (κ2) is 5.61. The summed E-state index contributed by atoms with van der Waals surface area (Å²) in [5, 5.41) is 19.6. The van der Waals surface area contributed by atoms with Crippen molar-refractivity contribution in [3.8, 4) is 11.5 Å². The number of epoxide rings is 1. The van der Waals surface area contributed by atoms with Crippen molar-refractivity contribution in [2.75, 3.05) is 0 Å². The maximum absolute atomic E-state index is 12.5. The first kappa shape index (κ1) is 14.8. The number of hydrogen-bond donors (Lipinski definition) is 2. The van der Waals surface area contributed by atoms with E-state index in [1.54, 1.807) is 0 Å². The number of Topliss-reactive ketones (excluding diaryl/α,β-unsaturated/α-hetero) is 1. The third-order valence-corrected chi connectivity index (χ3v) is 4.04. The average Bonchev–Trinajstić information content (AvgIpc) is 3.15. The van der Waals surface area contributed by atoms with E-state index in [-0.39, 0.29) is 47.0 Å². The van der Waals surface area contributed by atoms with Gasteiger partial charge in [0.2, 0.25) is 0 Å². The Bertz CT molecular complexity index is 623. The normalized spacial score (nSPS) is 28.7. The first-order valence-corrected chi connectivity index (χ1v) is 7.39. The van der Waals surface area contributed by atoms with Gasteiger partial charge < -0.3 is 19.7 Å². The van der Waals surface area contributed by atoms with Crippen LogP contribution in [0.25, 0.3) is 0 Å². The number of carbonyl (C=O) groups is 2. The van der Waals surface area contributed by atoms with E-state index in [9.17, 15) is 19.8 Å². The SMILES string of the molecule is C[C@@H]1CCC[C@H]2O[C@@H]2C(=O)c2c(O)cc(O)cc2CC(=O)O1. The van der Waals surface area contributed by atoms with Gasteiger partial charge in [-0.05, 0) is 37.8 Å². The van der Waals surface area contributed by atoms with Gasteiger partial charge in [-0.2, -0.15) is 0 Å². The van der Waals surface area contributed by atoms with E-state index >= 15 is 0 Å². The van der Waals surface area contributed by atoms with E-state index in [2.05, 4.69) is 0 Å². The monoisotopic (exact) mass is 306 g/mol. The van der Waals surface area contributed by atoms with Gasteiger partial charge in [0.1, 0.15) is 17.6 Å². The minimum atomic E-state index is -0.569. The number of rotatable bonds is 0. The number of carbonyl (C=O) groups excluding carboxylic acids is 2. The van der Waals surface area contributed by atoms with Crippen LogP contribution in [0.5, 0.6) is 11.5 Å². The first-order valence-electron chi connectivity index (χ1n) is 7.39. The van der Waals surface area contributed by atoms with Crippen LogP contribution in [0.2, 0.25) is 0 Å². The fourth-order valence-corrected chi connectivity index (χ4v) is 2.92. The van der Waals surface area contributed by atoms with Gasteiger partial charge in [0, 0.05) is 6.07 Å². The lowest BCUT2D eigenvalue weighted by Crippen LogP contribution is -2.20. The number of cyclic esters (lactones) is 1. The molecule has 0 bridgehead atoms. The largest absolute Gasteiger partial charge is 0.508 e. The molecule has 2 N–H and O–H groups in total. The third-order valence-electron chi connectivity index (χ3n) is 4.04. The van der Waals surface area contributed by atoms with Crippen LogP contribution in [-0.2, 0) is 20.7 Å². The molecule has 0 saturated carbocycles. The summed E-state index contributed by atoms with van der Waals surface area (Å²) in [4.78, 5) is 24.4. The molecular weight excluding hydrogens is 288 g/mol. The van der Waals surface area contributed by atoms with Gasteiger partial charge in [0.05, 0.1) is 24.2 Å². The topological polar surface area (TPSA) is 96.4 Å². The lowest BCUT2D eigenvalue weighted by molar-refractivity contribution is -0.147. The number of fused-ring (bicyclic) bond motifs is 2. The van der Waals surface area contributed by atoms with E-state index in [1.165, 1.54) is 6.07 Å². The number of ketones is 1. The summed E-state index contributed by atoms with van der Waals surface area (Å²) in [6.45, 7) is 1.82. The standard InChI is InChI=1S/C16H18O6/c1-8-3-2-4-12-16(22-12)15(20)14-9(6-13(19)21-8)5-10(17)7-11(14)18/h5,7-8,12,16-18H,2-4,6H2,1H3/t8-,12-,16+/m1/s1. The average molecular weight is 306 g/mol. The molecule has 0 amide bonds. The van der Waals surface area contributed by atoms with Crippen LogP contribution in [-0.4, -0.2) is 40.3 Å². The molecule has 118 valence electrons. The molecule has 1 fully saturated rings. The van der Waals surface area contributed by atoms with Crippen LogP contribution in [0.1, 0.15) is 42.1 Å². The molecule has 0 aliphatic carbocycles. The highest BCUT2D eigenvalue weighted by atomic mass is 16.6. The molecule has 1 saturated heterocycles. The van der Waals surface area contributed by atoms with Crippen LogP contribution >= 0.6 is 0 Å². The van der Waals surface area contributed by atoms with Crippen LogP contribution in [0.4, 0.5) is 0 Å². The van der Waals surface area contributed by atoms with Crippen LogP contribution in [0.3, 0.4) is 0 Å². The van der Waals surface area contributed by atoms with E-state index < -0.39 is 12.1 Å². The van der Waals surface area contributed by atoms with Crippen molar-refractivity contribution >= 4 is 11.8 Å². The Morgan fingerprint density at radius 1 is 1.18 bits per heavy atom. The predicted molar refractivity (Wildman–Crippen MR) is 75.9 cm³/mol. The van der Waals surface area contributed by atoms with E-state index in [0.29, 0.717) is 12.8 Å². The summed E-state index contributed by atoms with van der Waals surface area (Å²) in [7, 11) is 0. The van der Waals surface area contributed by atoms with Gasteiger partial charge in [-0.3, -0.25) is 9.59 Å². The molecule has 1 aromatic carbocycles.